The van der Waals surface area contributed by atoms with E-state index in [1.54, 1.807) is 12.1 Å². The van der Waals surface area contributed by atoms with Crippen molar-refractivity contribution >= 4 is 22.5 Å². The first-order valence-corrected chi connectivity index (χ1v) is 6.58. The number of aromatic amines is 1. The molecule has 3 aromatic rings. The smallest absolute Gasteiger partial charge is 0.322 e. The molecule has 0 amide bonds. The molecule has 112 valence electrons. The lowest BCUT2D eigenvalue weighted by Crippen LogP contribution is -2.05. The number of hydrogen-bond donors (Lipinski definition) is 1. The van der Waals surface area contributed by atoms with Gasteiger partial charge in [-0.1, -0.05) is 17.7 Å². The van der Waals surface area contributed by atoms with Gasteiger partial charge in [0.15, 0.2) is 0 Å². The van der Waals surface area contributed by atoms with Crippen LogP contribution in [0.25, 0.3) is 22.0 Å². The van der Waals surface area contributed by atoms with E-state index in [9.17, 15) is 18.0 Å². The number of rotatable bonds is 1. The van der Waals surface area contributed by atoms with Crippen LogP contribution >= 0.6 is 11.6 Å². The third-order valence-electron chi connectivity index (χ3n) is 3.22. The van der Waals surface area contributed by atoms with Crippen molar-refractivity contribution in [2.24, 2.45) is 0 Å². The Bertz CT molecular complexity index is 919. The average Bonchev–Trinajstić information content (AvgIpc) is 2.46. The zero-order valence-corrected chi connectivity index (χ0v) is 11.7. The summed E-state index contributed by atoms with van der Waals surface area (Å²) in [5, 5.41) is 0.811. The minimum absolute atomic E-state index is 0.257. The Morgan fingerprint density at radius 2 is 1.86 bits per heavy atom. The molecule has 2 aromatic heterocycles. The molecular formula is C15H8ClF3N2O. The fourth-order valence-corrected chi connectivity index (χ4v) is 2.50. The second-order valence-corrected chi connectivity index (χ2v) is 5.05. The number of nitrogens with zero attached hydrogens (tertiary/aromatic N) is 1. The summed E-state index contributed by atoms with van der Waals surface area (Å²) in [4.78, 5) is 17.5. The molecule has 0 bridgehead atoms. The monoisotopic (exact) mass is 324 g/mol. The number of pyridine rings is 2. The van der Waals surface area contributed by atoms with E-state index in [1.165, 1.54) is 18.3 Å². The summed E-state index contributed by atoms with van der Waals surface area (Å²) in [6, 6.07) is 6.98. The lowest BCUT2D eigenvalue weighted by atomic mass is 10.0. The van der Waals surface area contributed by atoms with E-state index in [2.05, 4.69) is 9.97 Å². The van der Waals surface area contributed by atoms with Gasteiger partial charge < -0.3 is 4.98 Å². The van der Waals surface area contributed by atoms with Crippen molar-refractivity contribution in [3.63, 3.8) is 0 Å². The fourth-order valence-electron chi connectivity index (χ4n) is 2.16. The summed E-state index contributed by atoms with van der Waals surface area (Å²) in [7, 11) is 0. The topological polar surface area (TPSA) is 45.8 Å². The van der Waals surface area contributed by atoms with Crippen molar-refractivity contribution in [3.8, 4) is 11.1 Å². The van der Waals surface area contributed by atoms with E-state index in [1.807, 2.05) is 0 Å². The van der Waals surface area contributed by atoms with Crippen LogP contribution in [-0.2, 0) is 6.18 Å². The number of aromatic nitrogens is 2. The van der Waals surface area contributed by atoms with Crippen molar-refractivity contribution in [1.29, 1.82) is 0 Å². The lowest BCUT2D eigenvalue weighted by molar-refractivity contribution is -0.137. The van der Waals surface area contributed by atoms with Crippen LogP contribution in [0.5, 0.6) is 0 Å². The van der Waals surface area contributed by atoms with Gasteiger partial charge in [0.05, 0.1) is 10.6 Å². The van der Waals surface area contributed by atoms with Gasteiger partial charge in [0, 0.05) is 40.5 Å². The standard InChI is InChI=1S/C15H8ClF3N2O/c16-14-10(1-3-12-11(14)2-4-13(22)21-12)8-5-9(7-20-6-8)15(17,18)19/h1-7H,(H,21,22). The van der Waals surface area contributed by atoms with Crippen molar-refractivity contribution in [1.82, 2.24) is 9.97 Å². The van der Waals surface area contributed by atoms with Crippen molar-refractivity contribution in [3.05, 3.63) is 63.7 Å². The molecule has 0 saturated heterocycles. The predicted octanol–water partition coefficient (Wildman–Crippen LogP) is 4.26. The first-order chi connectivity index (χ1) is 10.4. The molecule has 3 rings (SSSR count). The minimum Gasteiger partial charge on any atom is -0.322 e. The summed E-state index contributed by atoms with van der Waals surface area (Å²) in [5.74, 6) is 0. The van der Waals surface area contributed by atoms with Crippen molar-refractivity contribution in [2.75, 3.05) is 0 Å². The summed E-state index contributed by atoms with van der Waals surface area (Å²) in [6.45, 7) is 0. The maximum Gasteiger partial charge on any atom is 0.417 e. The minimum atomic E-state index is -4.47. The molecule has 0 fully saturated rings. The lowest BCUT2D eigenvalue weighted by Gasteiger charge is -2.10. The molecule has 3 nitrogen and oxygen atoms in total. The van der Waals surface area contributed by atoms with E-state index in [-0.39, 0.29) is 16.1 Å². The van der Waals surface area contributed by atoms with Gasteiger partial charge in [-0.25, -0.2) is 0 Å². The van der Waals surface area contributed by atoms with Crippen molar-refractivity contribution < 1.29 is 13.2 Å². The van der Waals surface area contributed by atoms with Crippen LogP contribution in [-0.4, -0.2) is 9.97 Å². The third-order valence-corrected chi connectivity index (χ3v) is 3.62. The highest BCUT2D eigenvalue weighted by Gasteiger charge is 2.31. The maximum atomic E-state index is 12.8. The second-order valence-electron chi connectivity index (χ2n) is 4.67. The zero-order valence-electron chi connectivity index (χ0n) is 10.9. The van der Waals surface area contributed by atoms with E-state index < -0.39 is 11.7 Å². The molecule has 1 N–H and O–H groups in total. The fraction of sp³-hybridized carbons (Fsp3) is 0.0667. The predicted molar refractivity (Wildman–Crippen MR) is 77.8 cm³/mol. The summed E-state index contributed by atoms with van der Waals surface area (Å²) in [6.07, 6.45) is -2.40. The van der Waals surface area contributed by atoms with Crippen LogP contribution in [0.3, 0.4) is 0 Å². The highest BCUT2D eigenvalue weighted by atomic mass is 35.5. The molecule has 0 aliphatic rings. The maximum absolute atomic E-state index is 12.8. The quantitative estimate of drug-likeness (QED) is 0.727. The number of alkyl halides is 3. The van der Waals surface area contributed by atoms with Gasteiger partial charge in [-0.2, -0.15) is 13.2 Å². The molecule has 1 aromatic carbocycles. The van der Waals surface area contributed by atoms with Gasteiger partial charge in [-0.05, 0) is 18.2 Å². The Labute approximate surface area is 127 Å². The van der Waals surface area contributed by atoms with Crippen LogP contribution in [0, 0.1) is 0 Å². The van der Waals surface area contributed by atoms with Crippen LogP contribution in [0.2, 0.25) is 5.02 Å². The Kier molecular flexibility index (Phi) is 3.41. The highest BCUT2D eigenvalue weighted by Crippen LogP contribution is 2.36. The van der Waals surface area contributed by atoms with Gasteiger partial charge in [-0.3, -0.25) is 9.78 Å². The number of halogens is 4. The van der Waals surface area contributed by atoms with Crippen LogP contribution in [0.15, 0.2) is 47.5 Å². The average molecular weight is 325 g/mol. The van der Waals surface area contributed by atoms with Gasteiger partial charge in [0.2, 0.25) is 5.56 Å². The molecular weight excluding hydrogens is 317 g/mol. The normalized spacial score (nSPS) is 11.8. The summed E-state index contributed by atoms with van der Waals surface area (Å²) >= 11 is 6.26. The molecule has 0 radical (unpaired) electrons. The largest absolute Gasteiger partial charge is 0.417 e. The first kappa shape index (κ1) is 14.6. The van der Waals surface area contributed by atoms with E-state index in [0.717, 1.165) is 12.3 Å². The zero-order chi connectivity index (χ0) is 15.9. The number of benzene rings is 1. The molecule has 0 spiro atoms. The number of hydrogen-bond acceptors (Lipinski definition) is 2. The van der Waals surface area contributed by atoms with Crippen molar-refractivity contribution in [2.45, 2.75) is 6.18 Å². The molecule has 0 aliphatic carbocycles. The molecule has 0 saturated carbocycles. The van der Waals surface area contributed by atoms with E-state index >= 15 is 0 Å². The molecule has 2 heterocycles. The number of nitrogens with one attached hydrogen (secondary N) is 1. The molecule has 22 heavy (non-hydrogen) atoms. The Hall–Kier alpha value is -2.34. The van der Waals surface area contributed by atoms with Gasteiger partial charge >= 0.3 is 6.18 Å². The molecule has 0 aliphatic heterocycles. The van der Waals surface area contributed by atoms with Crippen LogP contribution in [0.1, 0.15) is 5.56 Å². The Morgan fingerprint density at radius 1 is 1.09 bits per heavy atom. The summed E-state index contributed by atoms with van der Waals surface area (Å²) < 4.78 is 38.3. The van der Waals surface area contributed by atoms with Gasteiger partial charge in [0.1, 0.15) is 0 Å². The van der Waals surface area contributed by atoms with E-state index in [0.29, 0.717) is 16.5 Å². The summed E-state index contributed by atoms with van der Waals surface area (Å²) in [5.41, 5.74) is 0.0635. The van der Waals surface area contributed by atoms with Crippen LogP contribution < -0.4 is 5.56 Å². The Morgan fingerprint density at radius 3 is 2.59 bits per heavy atom. The Balaban J connectivity index is 2.21. The number of fused-ring (bicyclic) bond motifs is 1. The van der Waals surface area contributed by atoms with Gasteiger partial charge in [-0.15, -0.1) is 0 Å². The third kappa shape index (κ3) is 2.57. The van der Waals surface area contributed by atoms with E-state index in [4.69, 9.17) is 11.6 Å². The molecule has 0 atom stereocenters. The first-order valence-electron chi connectivity index (χ1n) is 6.20. The van der Waals surface area contributed by atoms with Crippen LogP contribution in [0.4, 0.5) is 13.2 Å². The molecule has 0 unspecified atom stereocenters. The van der Waals surface area contributed by atoms with Gasteiger partial charge in [0.25, 0.3) is 0 Å². The second kappa shape index (κ2) is 5.14. The molecule has 7 heteroatoms. The number of H-pyrrole nitrogens is 1. The highest BCUT2D eigenvalue weighted by molar-refractivity contribution is 6.38. The SMILES string of the molecule is O=c1ccc2c(Cl)c(-c3cncc(C(F)(F)F)c3)ccc2[nH]1.